The molecule has 0 amide bonds. The Labute approximate surface area is 153 Å². The van der Waals surface area contributed by atoms with Gasteiger partial charge in [0.05, 0.1) is 17.6 Å². The Morgan fingerprint density at radius 1 is 1.07 bits per heavy atom. The minimum Gasteiger partial charge on any atom is -0.462 e. The molecule has 3 rings (SSSR count). The van der Waals surface area contributed by atoms with Crippen molar-refractivity contribution in [3.63, 3.8) is 0 Å². The maximum absolute atomic E-state index is 10.7. The third-order valence-electron chi connectivity index (χ3n) is 4.91. The minimum absolute atomic E-state index is 0.0187. The number of non-ortho nitro benzene ring substituents is 1. The summed E-state index contributed by atoms with van der Waals surface area (Å²) >= 11 is 0. The smallest absolute Gasteiger partial charge is 0.269 e. The van der Waals surface area contributed by atoms with Crippen LogP contribution >= 0.6 is 0 Å². The molecular weight excluding hydrogens is 358 g/mol. The van der Waals surface area contributed by atoms with Gasteiger partial charge in [0, 0.05) is 18.1 Å². The van der Waals surface area contributed by atoms with Crippen LogP contribution in [0.2, 0.25) is 0 Å². The average Bonchev–Trinajstić information content (AvgIpc) is 2.68. The number of nitro benzene ring substituents is 1. The Bertz CT molecular complexity index is 809. The van der Waals surface area contributed by atoms with Crippen molar-refractivity contribution in [1.29, 1.82) is 0 Å². The molecule has 1 aliphatic rings. The molecule has 9 heteroatoms. The van der Waals surface area contributed by atoms with Crippen LogP contribution in [0.3, 0.4) is 0 Å². The standard InChI is InChI=1S/C18H19NO8/c20-9-14-15(21)16(22)18(14,24)17(23)27-13-7-3-11(4-8-13)10-1-5-12(6-2-10)19(25)26/h1-8,14-17,20-24H,9H2. The van der Waals surface area contributed by atoms with E-state index in [9.17, 15) is 35.6 Å². The molecular formula is C18H19NO8. The molecule has 9 nitrogen and oxygen atoms in total. The van der Waals surface area contributed by atoms with Gasteiger partial charge >= 0.3 is 0 Å². The average molecular weight is 377 g/mol. The predicted octanol–water partition coefficient (Wildman–Crippen LogP) is 0.0340. The molecule has 1 fully saturated rings. The van der Waals surface area contributed by atoms with Gasteiger partial charge in [-0.15, -0.1) is 0 Å². The van der Waals surface area contributed by atoms with E-state index < -0.39 is 41.5 Å². The largest absolute Gasteiger partial charge is 0.462 e. The quantitative estimate of drug-likeness (QED) is 0.268. The number of hydrogen-bond donors (Lipinski definition) is 5. The molecule has 144 valence electrons. The van der Waals surface area contributed by atoms with Crippen LogP contribution in [0.5, 0.6) is 5.75 Å². The lowest BCUT2D eigenvalue weighted by Gasteiger charge is -2.53. The molecule has 27 heavy (non-hydrogen) atoms. The van der Waals surface area contributed by atoms with Crippen molar-refractivity contribution in [2.24, 2.45) is 5.92 Å². The molecule has 1 saturated carbocycles. The van der Waals surface area contributed by atoms with Crippen molar-refractivity contribution in [3.05, 3.63) is 58.6 Å². The van der Waals surface area contributed by atoms with Gasteiger partial charge in [0.25, 0.3) is 5.69 Å². The van der Waals surface area contributed by atoms with Gasteiger partial charge in [-0.2, -0.15) is 0 Å². The van der Waals surface area contributed by atoms with Crippen LogP contribution in [-0.2, 0) is 0 Å². The van der Waals surface area contributed by atoms with E-state index in [1.807, 2.05) is 0 Å². The fourth-order valence-corrected chi connectivity index (χ4v) is 3.18. The van der Waals surface area contributed by atoms with Gasteiger partial charge in [0.15, 0.2) is 5.60 Å². The van der Waals surface area contributed by atoms with Gasteiger partial charge < -0.3 is 30.3 Å². The van der Waals surface area contributed by atoms with Crippen LogP contribution in [-0.4, -0.2) is 61.2 Å². The molecule has 2 aromatic carbocycles. The number of ether oxygens (including phenoxy) is 1. The lowest BCUT2D eigenvalue weighted by molar-refractivity contribution is -0.384. The van der Waals surface area contributed by atoms with E-state index in [0.29, 0.717) is 0 Å². The van der Waals surface area contributed by atoms with Crippen molar-refractivity contribution >= 4 is 5.69 Å². The molecule has 0 spiro atoms. The van der Waals surface area contributed by atoms with E-state index in [2.05, 4.69) is 0 Å². The maximum atomic E-state index is 10.7. The van der Waals surface area contributed by atoms with Crippen molar-refractivity contribution in [2.45, 2.75) is 24.1 Å². The molecule has 1 aliphatic carbocycles. The summed E-state index contributed by atoms with van der Waals surface area (Å²) in [6, 6.07) is 12.3. The fourth-order valence-electron chi connectivity index (χ4n) is 3.18. The highest BCUT2D eigenvalue weighted by Crippen LogP contribution is 2.42. The first kappa shape index (κ1) is 19.2. The van der Waals surface area contributed by atoms with Crippen molar-refractivity contribution in [3.8, 4) is 16.9 Å². The van der Waals surface area contributed by atoms with Gasteiger partial charge in [-0.1, -0.05) is 12.1 Å². The Kier molecular flexibility index (Phi) is 5.13. The molecule has 5 atom stereocenters. The molecule has 5 N–H and O–H groups in total. The third kappa shape index (κ3) is 3.27. The van der Waals surface area contributed by atoms with E-state index >= 15 is 0 Å². The van der Waals surface area contributed by atoms with Crippen LogP contribution in [0.25, 0.3) is 11.1 Å². The Hall–Kier alpha value is -2.56. The van der Waals surface area contributed by atoms with Gasteiger partial charge in [-0.3, -0.25) is 10.1 Å². The zero-order chi connectivity index (χ0) is 19.8. The molecule has 0 aliphatic heterocycles. The summed E-state index contributed by atoms with van der Waals surface area (Å²) < 4.78 is 5.25. The van der Waals surface area contributed by atoms with E-state index in [1.54, 1.807) is 24.3 Å². The number of rotatable bonds is 6. The monoisotopic (exact) mass is 377 g/mol. The summed E-state index contributed by atoms with van der Waals surface area (Å²) in [7, 11) is 0. The van der Waals surface area contributed by atoms with E-state index in [-0.39, 0.29) is 11.4 Å². The number of aliphatic hydroxyl groups is 5. The second-order valence-electron chi connectivity index (χ2n) is 6.41. The number of hydrogen-bond acceptors (Lipinski definition) is 8. The summed E-state index contributed by atoms with van der Waals surface area (Å²) in [5, 5.41) is 59.7. The van der Waals surface area contributed by atoms with Crippen LogP contribution < -0.4 is 4.74 Å². The first-order valence-corrected chi connectivity index (χ1v) is 8.18. The molecule has 0 aromatic heterocycles. The Morgan fingerprint density at radius 3 is 2.07 bits per heavy atom. The van der Waals surface area contributed by atoms with E-state index in [1.165, 1.54) is 24.3 Å². The fraction of sp³-hybridized carbons (Fsp3) is 0.333. The Balaban J connectivity index is 1.71. The summed E-state index contributed by atoms with van der Waals surface area (Å²) in [5.74, 6) is -0.950. The normalized spacial score (nSPS) is 28.3. The van der Waals surface area contributed by atoms with Crippen molar-refractivity contribution in [1.82, 2.24) is 0 Å². The maximum Gasteiger partial charge on any atom is 0.269 e. The second kappa shape index (κ2) is 7.22. The van der Waals surface area contributed by atoms with Crippen LogP contribution in [0.1, 0.15) is 0 Å². The summed E-state index contributed by atoms with van der Waals surface area (Å²) in [5.41, 5.74) is -0.720. The van der Waals surface area contributed by atoms with Gasteiger partial charge in [0.1, 0.15) is 11.9 Å². The first-order valence-electron chi connectivity index (χ1n) is 8.18. The molecule has 5 unspecified atom stereocenters. The second-order valence-corrected chi connectivity index (χ2v) is 6.41. The zero-order valence-electron chi connectivity index (χ0n) is 14.0. The van der Waals surface area contributed by atoms with Gasteiger partial charge in [-0.05, 0) is 35.4 Å². The lowest BCUT2D eigenvalue weighted by atomic mass is 9.64. The first-order chi connectivity index (χ1) is 12.8. The molecule has 2 aromatic rings. The van der Waals surface area contributed by atoms with Crippen LogP contribution in [0.4, 0.5) is 5.69 Å². The summed E-state index contributed by atoms with van der Waals surface area (Å²) in [6.45, 7) is -0.631. The highest BCUT2D eigenvalue weighted by Gasteiger charge is 2.65. The number of nitro groups is 1. The molecule has 0 bridgehead atoms. The number of benzene rings is 2. The van der Waals surface area contributed by atoms with Crippen molar-refractivity contribution < 1.29 is 35.2 Å². The minimum atomic E-state index is -2.19. The van der Waals surface area contributed by atoms with Gasteiger partial charge in [0.2, 0.25) is 6.29 Å². The lowest BCUT2D eigenvalue weighted by Crippen LogP contribution is -2.76. The summed E-state index contributed by atoms with van der Waals surface area (Å²) in [4.78, 5) is 10.2. The van der Waals surface area contributed by atoms with Gasteiger partial charge in [-0.25, -0.2) is 0 Å². The molecule has 0 heterocycles. The predicted molar refractivity (Wildman–Crippen MR) is 92.7 cm³/mol. The van der Waals surface area contributed by atoms with Crippen molar-refractivity contribution in [2.75, 3.05) is 6.61 Å². The van der Waals surface area contributed by atoms with Crippen LogP contribution in [0, 0.1) is 16.0 Å². The van der Waals surface area contributed by atoms with E-state index in [0.717, 1.165) is 11.1 Å². The molecule has 0 saturated heterocycles. The van der Waals surface area contributed by atoms with Crippen LogP contribution in [0.15, 0.2) is 48.5 Å². The molecule has 0 radical (unpaired) electrons. The highest BCUT2D eigenvalue weighted by atomic mass is 16.6. The topological polar surface area (TPSA) is 154 Å². The zero-order valence-corrected chi connectivity index (χ0v) is 14.0. The Morgan fingerprint density at radius 2 is 1.59 bits per heavy atom. The number of aliphatic hydroxyl groups excluding tert-OH is 4. The summed E-state index contributed by atoms with van der Waals surface area (Å²) in [6.07, 6.45) is -4.87. The van der Waals surface area contributed by atoms with E-state index in [4.69, 9.17) is 4.74 Å². The highest BCUT2D eigenvalue weighted by molar-refractivity contribution is 5.65. The third-order valence-corrected chi connectivity index (χ3v) is 4.91. The number of nitrogens with zero attached hydrogens (tertiary/aromatic N) is 1. The SMILES string of the molecule is O=[N+]([O-])c1ccc(-c2ccc(OC(O)C3(O)C(O)C(O)C3CO)cc2)cc1.